The molecule has 0 radical (unpaired) electrons. The summed E-state index contributed by atoms with van der Waals surface area (Å²) in [5.41, 5.74) is 2.04. The van der Waals surface area contributed by atoms with Crippen molar-refractivity contribution in [1.29, 1.82) is 0 Å². The van der Waals surface area contributed by atoms with Crippen LogP contribution in [0.3, 0.4) is 0 Å². The Kier molecular flexibility index (Phi) is 2.33. The number of benzene rings is 1. The van der Waals surface area contributed by atoms with Gasteiger partial charge in [-0.05, 0) is 28.1 Å². The van der Waals surface area contributed by atoms with Gasteiger partial charge in [-0.1, -0.05) is 12.1 Å². The molecule has 84 valence electrons. The Morgan fingerprint density at radius 2 is 2.06 bits per heavy atom. The summed E-state index contributed by atoms with van der Waals surface area (Å²) < 4.78 is 2.56. The molecule has 2 aromatic heterocycles. The van der Waals surface area contributed by atoms with Crippen LogP contribution < -0.4 is 0 Å². The first-order valence-electron chi connectivity index (χ1n) is 5.03. The molecule has 17 heavy (non-hydrogen) atoms. The van der Waals surface area contributed by atoms with Crippen molar-refractivity contribution in [2.24, 2.45) is 0 Å². The van der Waals surface area contributed by atoms with Gasteiger partial charge in [-0.2, -0.15) is 0 Å². The first-order chi connectivity index (χ1) is 8.25. The minimum absolute atomic E-state index is 0.197. The molecule has 0 saturated carbocycles. The largest absolute Gasteiger partial charge is 0.507 e. The van der Waals surface area contributed by atoms with Crippen molar-refractivity contribution >= 4 is 21.6 Å². The van der Waals surface area contributed by atoms with Crippen LogP contribution in [0.1, 0.15) is 0 Å². The highest BCUT2D eigenvalue weighted by Crippen LogP contribution is 2.30. The number of hydrogen-bond donors (Lipinski definition) is 1. The van der Waals surface area contributed by atoms with Crippen LogP contribution in [0.15, 0.2) is 47.5 Å². The Labute approximate surface area is 106 Å². The Hall–Kier alpha value is -1.88. The second-order valence-electron chi connectivity index (χ2n) is 3.59. The third-order valence-electron chi connectivity index (χ3n) is 2.50. The molecule has 5 heteroatoms. The van der Waals surface area contributed by atoms with Crippen LogP contribution in [-0.4, -0.2) is 19.5 Å². The lowest BCUT2D eigenvalue weighted by atomic mass is 10.1. The number of aromatic hydroxyl groups is 1. The number of imidazole rings is 1. The van der Waals surface area contributed by atoms with E-state index in [-0.39, 0.29) is 5.75 Å². The molecule has 0 aliphatic carbocycles. The predicted molar refractivity (Wildman–Crippen MR) is 67.8 cm³/mol. The molecule has 0 aliphatic rings. The summed E-state index contributed by atoms with van der Waals surface area (Å²) >= 11 is 3.35. The number of halogens is 1. The molecule has 0 fully saturated rings. The highest BCUT2D eigenvalue weighted by Gasteiger charge is 2.11. The van der Waals surface area contributed by atoms with E-state index in [1.165, 1.54) is 0 Å². The van der Waals surface area contributed by atoms with E-state index in [1.807, 2.05) is 28.9 Å². The van der Waals surface area contributed by atoms with Crippen molar-refractivity contribution in [3.8, 4) is 17.0 Å². The summed E-state index contributed by atoms with van der Waals surface area (Å²) in [6, 6.07) is 7.09. The lowest BCUT2D eigenvalue weighted by Crippen LogP contribution is -1.93. The van der Waals surface area contributed by atoms with Crippen molar-refractivity contribution in [3.63, 3.8) is 0 Å². The maximum Gasteiger partial charge on any atom is 0.163 e. The predicted octanol–water partition coefficient (Wildman–Crippen LogP) is 2.86. The second-order valence-corrected chi connectivity index (χ2v) is 4.40. The molecule has 0 amide bonds. The third kappa shape index (κ3) is 1.68. The van der Waals surface area contributed by atoms with Gasteiger partial charge >= 0.3 is 0 Å². The van der Waals surface area contributed by atoms with Crippen LogP contribution in [0.4, 0.5) is 0 Å². The smallest absolute Gasteiger partial charge is 0.163 e. The Morgan fingerprint density at radius 3 is 2.88 bits per heavy atom. The summed E-state index contributed by atoms with van der Waals surface area (Å²) in [4.78, 5) is 8.62. The van der Waals surface area contributed by atoms with Crippen molar-refractivity contribution in [2.45, 2.75) is 0 Å². The summed E-state index contributed by atoms with van der Waals surface area (Å²) in [6.45, 7) is 0. The van der Waals surface area contributed by atoms with Crippen LogP contribution >= 0.6 is 15.9 Å². The SMILES string of the molecule is Oc1ccccc1-c1nc(Br)cn2ccnc12. The highest BCUT2D eigenvalue weighted by molar-refractivity contribution is 9.10. The maximum atomic E-state index is 9.86. The molecule has 0 saturated heterocycles. The number of fused-ring (bicyclic) bond motifs is 1. The minimum Gasteiger partial charge on any atom is -0.507 e. The number of hydrogen-bond acceptors (Lipinski definition) is 3. The molecule has 3 aromatic rings. The molecule has 0 aliphatic heterocycles. The van der Waals surface area contributed by atoms with Gasteiger partial charge in [0.05, 0.1) is 0 Å². The van der Waals surface area contributed by atoms with E-state index in [4.69, 9.17) is 0 Å². The number of rotatable bonds is 1. The molecule has 4 nitrogen and oxygen atoms in total. The van der Waals surface area contributed by atoms with Gasteiger partial charge in [0.25, 0.3) is 0 Å². The van der Waals surface area contributed by atoms with E-state index >= 15 is 0 Å². The number of phenolic OH excluding ortho intramolecular Hbond substituents is 1. The zero-order valence-corrected chi connectivity index (χ0v) is 10.3. The summed E-state index contributed by atoms with van der Waals surface area (Å²) in [5, 5.41) is 9.86. The van der Waals surface area contributed by atoms with Crippen LogP contribution in [0, 0.1) is 0 Å². The van der Waals surface area contributed by atoms with Crippen molar-refractivity contribution < 1.29 is 5.11 Å². The molecule has 3 rings (SSSR count). The molecule has 0 atom stereocenters. The molecule has 2 heterocycles. The van der Waals surface area contributed by atoms with Gasteiger partial charge in [-0.3, -0.25) is 0 Å². The fourth-order valence-electron chi connectivity index (χ4n) is 1.76. The van der Waals surface area contributed by atoms with E-state index < -0.39 is 0 Å². The van der Waals surface area contributed by atoms with Crippen LogP contribution in [0.2, 0.25) is 0 Å². The monoisotopic (exact) mass is 289 g/mol. The number of nitrogens with zero attached hydrogens (tertiary/aromatic N) is 3. The quantitative estimate of drug-likeness (QED) is 0.749. The summed E-state index contributed by atoms with van der Waals surface area (Å²) in [7, 11) is 0. The van der Waals surface area contributed by atoms with Crippen LogP contribution in [0.5, 0.6) is 5.75 Å². The summed E-state index contributed by atoms with van der Waals surface area (Å²) in [5.74, 6) is 0.197. The van der Waals surface area contributed by atoms with Gasteiger partial charge in [-0.15, -0.1) is 0 Å². The van der Waals surface area contributed by atoms with Gasteiger partial charge in [0.15, 0.2) is 5.65 Å². The molecule has 1 aromatic carbocycles. The van der Waals surface area contributed by atoms with E-state index in [9.17, 15) is 5.11 Å². The van der Waals surface area contributed by atoms with Crippen LogP contribution in [0.25, 0.3) is 16.9 Å². The first-order valence-corrected chi connectivity index (χ1v) is 5.82. The fourth-order valence-corrected chi connectivity index (χ4v) is 2.15. The molecular formula is C12H8BrN3O. The zero-order chi connectivity index (χ0) is 11.8. The first kappa shape index (κ1) is 10.3. The number of para-hydroxylation sites is 1. The van der Waals surface area contributed by atoms with Gasteiger partial charge in [0.2, 0.25) is 0 Å². The van der Waals surface area contributed by atoms with E-state index in [1.54, 1.807) is 18.3 Å². The highest BCUT2D eigenvalue weighted by atomic mass is 79.9. The molecule has 0 unspecified atom stereocenters. The third-order valence-corrected chi connectivity index (χ3v) is 2.89. The Bertz CT molecular complexity index is 693. The zero-order valence-electron chi connectivity index (χ0n) is 8.71. The van der Waals surface area contributed by atoms with E-state index in [0.29, 0.717) is 15.9 Å². The Balaban J connectivity index is 2.37. The van der Waals surface area contributed by atoms with Crippen LogP contribution in [-0.2, 0) is 0 Å². The van der Waals surface area contributed by atoms with Gasteiger partial charge in [0, 0.05) is 24.2 Å². The lowest BCUT2D eigenvalue weighted by Gasteiger charge is -2.06. The van der Waals surface area contributed by atoms with Crippen molar-refractivity contribution in [3.05, 3.63) is 47.5 Å². The van der Waals surface area contributed by atoms with Crippen molar-refractivity contribution in [1.82, 2.24) is 14.4 Å². The fraction of sp³-hybridized carbons (Fsp3) is 0. The molecular weight excluding hydrogens is 282 g/mol. The molecule has 1 N–H and O–H groups in total. The van der Waals surface area contributed by atoms with E-state index in [0.717, 1.165) is 5.65 Å². The molecule has 0 bridgehead atoms. The summed E-state index contributed by atoms with van der Waals surface area (Å²) in [6.07, 6.45) is 5.37. The average molecular weight is 290 g/mol. The second kappa shape index (κ2) is 3.85. The normalized spacial score (nSPS) is 10.9. The van der Waals surface area contributed by atoms with Gasteiger partial charge in [-0.25, -0.2) is 9.97 Å². The minimum atomic E-state index is 0.197. The topological polar surface area (TPSA) is 50.4 Å². The molecule has 0 spiro atoms. The van der Waals surface area contributed by atoms with Gasteiger partial charge < -0.3 is 9.51 Å². The average Bonchev–Trinajstić information content (AvgIpc) is 2.76. The maximum absolute atomic E-state index is 9.86. The lowest BCUT2D eigenvalue weighted by molar-refractivity contribution is 0.477. The number of phenols is 1. The Morgan fingerprint density at radius 1 is 1.24 bits per heavy atom. The van der Waals surface area contributed by atoms with Crippen molar-refractivity contribution in [2.75, 3.05) is 0 Å². The van der Waals surface area contributed by atoms with Gasteiger partial charge in [0.1, 0.15) is 16.0 Å². The standard InChI is InChI=1S/C12H8BrN3O/c13-10-7-16-6-5-14-12(16)11(15-10)8-3-1-2-4-9(8)17/h1-7,17H. The van der Waals surface area contributed by atoms with E-state index in [2.05, 4.69) is 25.9 Å². The number of aromatic nitrogens is 3.